The van der Waals surface area contributed by atoms with Crippen molar-refractivity contribution in [2.24, 2.45) is 0 Å². The zero-order valence-electron chi connectivity index (χ0n) is 10.4. The van der Waals surface area contributed by atoms with Crippen LogP contribution in [0.4, 0.5) is 0 Å². The van der Waals surface area contributed by atoms with Crippen molar-refractivity contribution in [3.05, 3.63) is 39.5 Å². The van der Waals surface area contributed by atoms with Crippen molar-refractivity contribution in [1.29, 1.82) is 0 Å². The van der Waals surface area contributed by atoms with Crippen LogP contribution in [0.2, 0.25) is 10.2 Å². The molecular formula is C14H15Cl2N. The van der Waals surface area contributed by atoms with Crippen LogP contribution in [0.5, 0.6) is 0 Å². The number of aryl methyl sites for hydroxylation is 1. The summed E-state index contributed by atoms with van der Waals surface area (Å²) < 4.78 is 0. The van der Waals surface area contributed by atoms with Gasteiger partial charge in [0.2, 0.25) is 0 Å². The molecule has 1 aromatic heterocycles. The monoisotopic (exact) mass is 267 g/mol. The maximum Gasteiger partial charge on any atom is 0.133 e. The Morgan fingerprint density at radius 2 is 1.71 bits per heavy atom. The Labute approximate surface area is 112 Å². The number of rotatable bonds is 0. The van der Waals surface area contributed by atoms with E-state index in [0.29, 0.717) is 5.15 Å². The predicted octanol–water partition coefficient (Wildman–Crippen LogP) is 5.15. The zero-order valence-corrected chi connectivity index (χ0v) is 11.9. The van der Waals surface area contributed by atoms with Crippen LogP contribution in [0.25, 0.3) is 10.9 Å². The Morgan fingerprint density at radius 1 is 1.06 bits per heavy atom. The first-order chi connectivity index (χ1) is 7.79. The second-order valence-electron chi connectivity index (χ2n) is 5.37. The molecule has 0 aliphatic heterocycles. The van der Waals surface area contributed by atoms with Crippen LogP contribution < -0.4 is 0 Å². The number of aromatic nitrogens is 1. The van der Waals surface area contributed by atoms with Crippen LogP contribution >= 0.6 is 23.2 Å². The zero-order chi connectivity index (χ0) is 12.8. The van der Waals surface area contributed by atoms with Gasteiger partial charge in [-0.2, -0.15) is 0 Å². The van der Waals surface area contributed by atoms with Gasteiger partial charge in [0.1, 0.15) is 5.15 Å². The van der Waals surface area contributed by atoms with Gasteiger partial charge in [-0.25, -0.2) is 4.98 Å². The summed E-state index contributed by atoms with van der Waals surface area (Å²) in [6.07, 6.45) is 0. The summed E-state index contributed by atoms with van der Waals surface area (Å²) in [5.41, 5.74) is 2.96. The summed E-state index contributed by atoms with van der Waals surface area (Å²) in [5.74, 6) is 0. The first kappa shape index (κ1) is 12.7. The minimum absolute atomic E-state index is 0.00812. The Balaban J connectivity index is 2.76. The summed E-state index contributed by atoms with van der Waals surface area (Å²) in [7, 11) is 0. The van der Waals surface area contributed by atoms with Crippen molar-refractivity contribution in [1.82, 2.24) is 4.98 Å². The van der Waals surface area contributed by atoms with Gasteiger partial charge >= 0.3 is 0 Å². The Bertz CT molecular complexity index is 583. The second kappa shape index (κ2) is 4.15. The Kier molecular flexibility index (Phi) is 3.09. The third kappa shape index (κ3) is 2.41. The minimum atomic E-state index is -0.00812. The van der Waals surface area contributed by atoms with Crippen molar-refractivity contribution in [3.63, 3.8) is 0 Å². The minimum Gasteiger partial charge on any atom is -0.236 e. The lowest BCUT2D eigenvalue weighted by Gasteiger charge is -2.20. The van der Waals surface area contributed by atoms with Crippen LogP contribution in [0, 0.1) is 6.92 Å². The molecular weight excluding hydrogens is 253 g/mol. The van der Waals surface area contributed by atoms with E-state index in [-0.39, 0.29) is 5.41 Å². The summed E-state index contributed by atoms with van der Waals surface area (Å²) in [6, 6.07) is 6.02. The Morgan fingerprint density at radius 3 is 2.29 bits per heavy atom. The number of nitrogens with zero attached hydrogens (tertiary/aromatic N) is 1. The molecule has 0 saturated carbocycles. The van der Waals surface area contributed by atoms with Crippen molar-refractivity contribution in [2.75, 3.05) is 0 Å². The number of fused-ring (bicyclic) bond motifs is 1. The van der Waals surface area contributed by atoms with Gasteiger partial charge in [0.25, 0.3) is 0 Å². The highest BCUT2D eigenvalue weighted by Gasteiger charge is 2.19. The van der Waals surface area contributed by atoms with E-state index in [9.17, 15) is 0 Å². The maximum atomic E-state index is 6.23. The third-order valence-electron chi connectivity index (χ3n) is 2.86. The van der Waals surface area contributed by atoms with Crippen LogP contribution in [0.1, 0.15) is 31.9 Å². The van der Waals surface area contributed by atoms with Gasteiger partial charge in [-0.15, -0.1) is 0 Å². The van der Waals surface area contributed by atoms with E-state index in [4.69, 9.17) is 23.2 Å². The molecule has 0 radical (unpaired) electrons. The molecule has 0 atom stereocenters. The average Bonchev–Trinajstić information content (AvgIpc) is 2.18. The number of hydrogen-bond donors (Lipinski definition) is 0. The molecule has 1 aromatic carbocycles. The predicted molar refractivity (Wildman–Crippen MR) is 75.2 cm³/mol. The molecule has 0 aliphatic rings. The summed E-state index contributed by atoms with van der Waals surface area (Å²) in [5, 5.41) is 2.37. The largest absolute Gasteiger partial charge is 0.236 e. The molecule has 17 heavy (non-hydrogen) atoms. The van der Waals surface area contributed by atoms with E-state index in [1.807, 2.05) is 13.0 Å². The summed E-state index contributed by atoms with van der Waals surface area (Å²) >= 11 is 12.3. The lowest BCUT2D eigenvalue weighted by atomic mass is 9.87. The first-order valence-corrected chi connectivity index (χ1v) is 6.31. The van der Waals surface area contributed by atoms with E-state index in [1.165, 1.54) is 0 Å². The van der Waals surface area contributed by atoms with Crippen molar-refractivity contribution >= 4 is 34.1 Å². The van der Waals surface area contributed by atoms with E-state index in [0.717, 1.165) is 27.1 Å². The van der Waals surface area contributed by atoms with E-state index < -0.39 is 0 Å². The fourth-order valence-electron chi connectivity index (χ4n) is 1.81. The molecule has 90 valence electrons. The molecule has 0 unspecified atom stereocenters. The molecule has 1 heterocycles. The van der Waals surface area contributed by atoms with Gasteiger partial charge in [-0.05, 0) is 41.7 Å². The van der Waals surface area contributed by atoms with E-state index >= 15 is 0 Å². The normalized spacial score (nSPS) is 12.1. The molecule has 0 N–H and O–H groups in total. The fourth-order valence-corrected chi connectivity index (χ4v) is 2.40. The highest BCUT2D eigenvalue weighted by Crippen LogP contribution is 2.32. The maximum absolute atomic E-state index is 6.23. The first-order valence-electron chi connectivity index (χ1n) is 5.56. The van der Waals surface area contributed by atoms with E-state index in [2.05, 4.69) is 37.9 Å². The third-order valence-corrected chi connectivity index (χ3v) is 3.55. The number of hydrogen-bond acceptors (Lipinski definition) is 1. The van der Waals surface area contributed by atoms with Crippen LogP contribution in [-0.2, 0) is 5.41 Å². The second-order valence-corrected chi connectivity index (χ2v) is 6.14. The molecule has 1 nitrogen and oxygen atoms in total. The molecule has 0 saturated heterocycles. The highest BCUT2D eigenvalue weighted by molar-refractivity contribution is 6.32. The fraction of sp³-hybridized carbons (Fsp3) is 0.357. The van der Waals surface area contributed by atoms with Crippen molar-refractivity contribution < 1.29 is 0 Å². The number of pyridine rings is 1. The quantitative estimate of drug-likeness (QED) is 0.602. The highest BCUT2D eigenvalue weighted by atomic mass is 35.5. The smallest absolute Gasteiger partial charge is 0.133 e. The van der Waals surface area contributed by atoms with Gasteiger partial charge in [-0.3, -0.25) is 0 Å². The molecule has 0 aliphatic carbocycles. The van der Waals surface area contributed by atoms with E-state index in [1.54, 1.807) is 0 Å². The lowest BCUT2D eigenvalue weighted by Crippen LogP contribution is -2.12. The van der Waals surface area contributed by atoms with Crippen LogP contribution in [-0.4, -0.2) is 4.98 Å². The number of halogens is 2. The van der Waals surface area contributed by atoms with Gasteiger partial charge < -0.3 is 0 Å². The Hall–Kier alpha value is -0.790. The average molecular weight is 268 g/mol. The molecule has 2 aromatic rings. The van der Waals surface area contributed by atoms with Crippen LogP contribution in [0.15, 0.2) is 18.2 Å². The SMILES string of the molecule is Cc1cc2cc(C(C)(C)C)c(Cl)nc2cc1Cl. The molecule has 0 bridgehead atoms. The number of benzene rings is 1. The summed E-state index contributed by atoms with van der Waals surface area (Å²) in [6.45, 7) is 8.38. The van der Waals surface area contributed by atoms with Gasteiger partial charge in [0.15, 0.2) is 0 Å². The molecule has 2 rings (SSSR count). The van der Waals surface area contributed by atoms with Crippen LogP contribution in [0.3, 0.4) is 0 Å². The summed E-state index contributed by atoms with van der Waals surface area (Å²) in [4.78, 5) is 4.42. The van der Waals surface area contributed by atoms with Gasteiger partial charge in [0, 0.05) is 10.4 Å². The standard InChI is InChI=1S/C14H15Cl2N/c1-8-5-9-6-10(14(2,3)4)13(16)17-12(9)7-11(8)15/h5-7H,1-4H3. The van der Waals surface area contributed by atoms with Gasteiger partial charge in [-0.1, -0.05) is 44.0 Å². The molecule has 3 heteroatoms. The van der Waals surface area contributed by atoms with Gasteiger partial charge in [0.05, 0.1) is 5.52 Å². The topological polar surface area (TPSA) is 12.9 Å². The molecule has 0 spiro atoms. The van der Waals surface area contributed by atoms with Crippen molar-refractivity contribution in [3.8, 4) is 0 Å². The van der Waals surface area contributed by atoms with Crippen molar-refractivity contribution in [2.45, 2.75) is 33.1 Å². The molecule has 0 fully saturated rings. The lowest BCUT2D eigenvalue weighted by molar-refractivity contribution is 0.589. The molecule has 0 amide bonds.